The molecule has 1 aliphatic carbocycles. The number of carboxylic acid groups (broad SMARTS) is 1. The maximum Gasteiger partial charge on any atom is 0.329 e. The van der Waals surface area contributed by atoms with Crippen LogP contribution in [0.15, 0.2) is 30.3 Å². The largest absolute Gasteiger partial charge is 0.480 e. The number of aliphatic carboxylic acids is 1. The number of nitrogens with one attached hydrogen (secondary N) is 1. The molecule has 0 amide bonds. The number of anilines is 1. The molecule has 1 fully saturated rings. The Labute approximate surface area is 102 Å². The highest BCUT2D eigenvalue weighted by atomic mass is 16.4. The minimum Gasteiger partial charge on any atom is -0.480 e. The highest BCUT2D eigenvalue weighted by molar-refractivity contribution is 5.82. The molecule has 0 heterocycles. The van der Waals surface area contributed by atoms with Gasteiger partial charge >= 0.3 is 5.97 Å². The number of hydrogen-bond acceptors (Lipinski definition) is 2. The Kier molecular flexibility index (Phi) is 3.67. The van der Waals surface area contributed by atoms with Gasteiger partial charge in [-0.15, -0.1) is 0 Å². The van der Waals surface area contributed by atoms with Gasteiger partial charge in [-0.05, 0) is 25.0 Å². The molecule has 1 aromatic rings. The van der Waals surface area contributed by atoms with Gasteiger partial charge in [-0.2, -0.15) is 0 Å². The molecule has 0 radical (unpaired) electrons. The molecule has 0 aromatic heterocycles. The molecule has 17 heavy (non-hydrogen) atoms. The number of carboxylic acids is 1. The molecular formula is C14H19NO2. The van der Waals surface area contributed by atoms with E-state index < -0.39 is 11.5 Å². The van der Waals surface area contributed by atoms with E-state index in [1.165, 1.54) is 0 Å². The average Bonchev–Trinajstić information content (AvgIpc) is 2.57. The van der Waals surface area contributed by atoms with E-state index in [-0.39, 0.29) is 0 Å². The second-order valence-electron chi connectivity index (χ2n) is 4.79. The van der Waals surface area contributed by atoms with E-state index in [2.05, 4.69) is 5.32 Å². The molecule has 2 N–H and O–H groups in total. The predicted octanol–water partition coefficient (Wildman–Crippen LogP) is 3.28. The number of rotatable bonds is 3. The fourth-order valence-corrected chi connectivity index (χ4v) is 2.52. The molecule has 1 aromatic carbocycles. The van der Waals surface area contributed by atoms with Crippen molar-refractivity contribution in [1.29, 1.82) is 0 Å². The summed E-state index contributed by atoms with van der Waals surface area (Å²) in [5, 5.41) is 12.7. The smallest absolute Gasteiger partial charge is 0.329 e. The van der Waals surface area contributed by atoms with Crippen molar-refractivity contribution in [3.8, 4) is 0 Å². The van der Waals surface area contributed by atoms with Gasteiger partial charge in [-0.25, -0.2) is 4.79 Å². The topological polar surface area (TPSA) is 49.3 Å². The van der Waals surface area contributed by atoms with E-state index in [0.29, 0.717) is 0 Å². The van der Waals surface area contributed by atoms with Crippen LogP contribution in [0.1, 0.15) is 38.5 Å². The zero-order valence-electron chi connectivity index (χ0n) is 9.98. The van der Waals surface area contributed by atoms with E-state index in [4.69, 9.17) is 0 Å². The summed E-state index contributed by atoms with van der Waals surface area (Å²) in [5.74, 6) is -0.719. The van der Waals surface area contributed by atoms with Gasteiger partial charge in [0.05, 0.1) is 0 Å². The van der Waals surface area contributed by atoms with Crippen LogP contribution < -0.4 is 5.32 Å². The van der Waals surface area contributed by atoms with E-state index >= 15 is 0 Å². The highest BCUT2D eigenvalue weighted by Crippen LogP contribution is 2.30. The maximum absolute atomic E-state index is 11.6. The van der Waals surface area contributed by atoms with Crippen LogP contribution in [-0.2, 0) is 4.79 Å². The summed E-state index contributed by atoms with van der Waals surface area (Å²) in [6.45, 7) is 0. The number of carbonyl (C=O) groups is 1. The molecule has 0 aliphatic heterocycles. The fraction of sp³-hybridized carbons (Fsp3) is 0.500. The van der Waals surface area contributed by atoms with Crippen molar-refractivity contribution in [3.05, 3.63) is 30.3 Å². The fourth-order valence-electron chi connectivity index (χ4n) is 2.52. The van der Waals surface area contributed by atoms with Gasteiger partial charge in [0.2, 0.25) is 0 Å². The molecule has 1 aliphatic rings. The van der Waals surface area contributed by atoms with E-state index in [9.17, 15) is 9.90 Å². The van der Waals surface area contributed by atoms with Crippen molar-refractivity contribution in [2.24, 2.45) is 0 Å². The van der Waals surface area contributed by atoms with Crippen molar-refractivity contribution in [2.45, 2.75) is 44.1 Å². The lowest BCUT2D eigenvalue weighted by Crippen LogP contribution is -2.45. The first-order valence-electron chi connectivity index (χ1n) is 6.30. The number of hydrogen-bond donors (Lipinski definition) is 2. The number of para-hydroxylation sites is 1. The lowest BCUT2D eigenvalue weighted by atomic mass is 9.90. The molecule has 3 heteroatoms. The lowest BCUT2D eigenvalue weighted by molar-refractivity contribution is -0.142. The van der Waals surface area contributed by atoms with Crippen LogP contribution in [0, 0.1) is 0 Å². The summed E-state index contributed by atoms with van der Waals surface area (Å²) in [7, 11) is 0. The summed E-state index contributed by atoms with van der Waals surface area (Å²) in [4.78, 5) is 11.6. The van der Waals surface area contributed by atoms with Crippen LogP contribution in [0.4, 0.5) is 5.69 Å². The Hall–Kier alpha value is -1.51. The number of benzene rings is 1. The summed E-state index contributed by atoms with van der Waals surface area (Å²) < 4.78 is 0. The van der Waals surface area contributed by atoms with Crippen molar-refractivity contribution in [2.75, 3.05) is 5.32 Å². The molecule has 0 atom stereocenters. The first-order valence-corrected chi connectivity index (χ1v) is 6.30. The SMILES string of the molecule is O=C(O)C1(Nc2ccccc2)CCCCCC1. The first-order chi connectivity index (χ1) is 8.23. The zero-order chi connectivity index (χ0) is 12.1. The molecule has 0 bridgehead atoms. The molecular weight excluding hydrogens is 214 g/mol. The van der Waals surface area contributed by atoms with Crippen LogP contribution >= 0.6 is 0 Å². The molecule has 1 saturated carbocycles. The zero-order valence-corrected chi connectivity index (χ0v) is 9.98. The van der Waals surface area contributed by atoms with Gasteiger partial charge in [-0.1, -0.05) is 43.9 Å². The summed E-state index contributed by atoms with van der Waals surface area (Å²) in [6.07, 6.45) is 5.71. The van der Waals surface area contributed by atoms with Crippen LogP contribution in [0.2, 0.25) is 0 Å². The third-order valence-electron chi connectivity index (χ3n) is 3.52. The molecule has 0 saturated heterocycles. The molecule has 2 rings (SSSR count). The summed E-state index contributed by atoms with van der Waals surface area (Å²) in [6, 6.07) is 9.64. The third-order valence-corrected chi connectivity index (χ3v) is 3.52. The molecule has 0 unspecified atom stereocenters. The van der Waals surface area contributed by atoms with Crippen molar-refractivity contribution in [3.63, 3.8) is 0 Å². The van der Waals surface area contributed by atoms with Crippen molar-refractivity contribution in [1.82, 2.24) is 0 Å². The second-order valence-corrected chi connectivity index (χ2v) is 4.79. The summed E-state index contributed by atoms with van der Waals surface area (Å²) >= 11 is 0. The Bertz CT molecular complexity index is 367. The third kappa shape index (κ3) is 2.78. The first kappa shape index (κ1) is 12.0. The maximum atomic E-state index is 11.6. The van der Waals surface area contributed by atoms with Gasteiger partial charge in [0.15, 0.2) is 0 Å². The van der Waals surface area contributed by atoms with Gasteiger partial charge in [-0.3, -0.25) is 0 Å². The Balaban J connectivity index is 2.19. The Morgan fingerprint density at radius 2 is 1.65 bits per heavy atom. The lowest BCUT2D eigenvalue weighted by Gasteiger charge is -2.30. The summed E-state index contributed by atoms with van der Waals surface area (Å²) in [5.41, 5.74) is 0.134. The monoisotopic (exact) mass is 233 g/mol. The minimum absolute atomic E-state index is 0.719. The van der Waals surface area contributed by atoms with Crippen LogP contribution in [0.5, 0.6) is 0 Å². The molecule has 3 nitrogen and oxygen atoms in total. The second kappa shape index (κ2) is 5.21. The predicted molar refractivity (Wildman–Crippen MR) is 68.1 cm³/mol. The van der Waals surface area contributed by atoms with Crippen LogP contribution in [0.25, 0.3) is 0 Å². The van der Waals surface area contributed by atoms with Gasteiger partial charge < -0.3 is 10.4 Å². The average molecular weight is 233 g/mol. The molecule has 0 spiro atoms. The standard InChI is InChI=1S/C14H19NO2/c16-13(17)14(10-6-1-2-7-11-14)15-12-8-4-3-5-9-12/h3-5,8-9,15H,1-2,6-7,10-11H2,(H,16,17). The van der Waals surface area contributed by atoms with E-state index in [1.807, 2.05) is 30.3 Å². The minimum atomic E-state index is -0.766. The van der Waals surface area contributed by atoms with Crippen LogP contribution in [-0.4, -0.2) is 16.6 Å². The van der Waals surface area contributed by atoms with Crippen LogP contribution in [0.3, 0.4) is 0 Å². The normalized spacial score (nSPS) is 19.3. The van der Waals surface area contributed by atoms with Gasteiger partial charge in [0.1, 0.15) is 5.54 Å². The van der Waals surface area contributed by atoms with E-state index in [1.54, 1.807) is 0 Å². The van der Waals surface area contributed by atoms with Crippen molar-refractivity contribution < 1.29 is 9.90 Å². The Morgan fingerprint density at radius 1 is 1.06 bits per heavy atom. The van der Waals surface area contributed by atoms with E-state index in [0.717, 1.165) is 44.2 Å². The molecule has 92 valence electrons. The van der Waals surface area contributed by atoms with Gasteiger partial charge in [0, 0.05) is 5.69 Å². The highest BCUT2D eigenvalue weighted by Gasteiger charge is 2.38. The van der Waals surface area contributed by atoms with Gasteiger partial charge in [0.25, 0.3) is 0 Å². The Morgan fingerprint density at radius 3 is 2.18 bits per heavy atom. The van der Waals surface area contributed by atoms with Crippen molar-refractivity contribution >= 4 is 11.7 Å². The quantitative estimate of drug-likeness (QED) is 0.788.